The van der Waals surface area contributed by atoms with Gasteiger partial charge in [-0.15, -0.1) is 34.0 Å². The Morgan fingerprint density at radius 3 is 1.00 bits per heavy atom. The quantitative estimate of drug-likeness (QED) is 0.352. The normalized spacial score (nSPS) is 14.5. The Hall–Kier alpha value is 1.82. The molecule has 0 rings (SSSR count). The molecule has 4 heteroatoms. The van der Waals surface area contributed by atoms with Crippen LogP contribution in [0.4, 0.5) is 0 Å². The predicted octanol–water partition coefficient (Wildman–Crippen LogP) is 7.19. The second kappa shape index (κ2) is 13.5. The molecule has 0 fully saturated rings. The fraction of sp³-hybridized carbons (Fsp3) is 1.00. The van der Waals surface area contributed by atoms with Crippen molar-refractivity contribution in [3.8, 4) is 0 Å². The van der Waals surface area contributed by atoms with Gasteiger partial charge in [0.2, 0.25) is 0 Å². The summed E-state index contributed by atoms with van der Waals surface area (Å²) in [4.78, 5) is 0. The minimum Gasteiger partial charge on any atom is -0.114 e. The van der Waals surface area contributed by atoms with Crippen LogP contribution in [0, 0.1) is 11.8 Å². The number of halogens is 2. The van der Waals surface area contributed by atoms with E-state index in [1.807, 2.05) is 0 Å². The molecule has 0 aliphatic rings. The van der Waals surface area contributed by atoms with E-state index >= 15 is 0 Å². The van der Waals surface area contributed by atoms with Crippen molar-refractivity contribution in [2.45, 2.75) is 66.7 Å². The predicted molar refractivity (Wildman–Crippen MR) is 109 cm³/mol. The second-order valence-corrected chi connectivity index (χ2v) is 12.9. The highest BCUT2D eigenvalue weighted by molar-refractivity contribution is 8.93. The Kier molecular flexibility index (Phi) is 18.3. The van der Waals surface area contributed by atoms with Crippen LogP contribution in [-0.4, -0.2) is 29.5 Å². The summed E-state index contributed by atoms with van der Waals surface area (Å²) in [6.07, 6.45) is 2.97. The molecular formula is C15H36Br2P2. The van der Waals surface area contributed by atoms with Crippen LogP contribution < -0.4 is 0 Å². The van der Waals surface area contributed by atoms with Crippen LogP contribution in [0.1, 0.15) is 55.4 Å². The van der Waals surface area contributed by atoms with E-state index in [4.69, 9.17) is 0 Å². The molecular weight excluding hydrogens is 402 g/mol. The molecule has 0 nitrogen and oxygen atoms in total. The Morgan fingerprint density at radius 1 is 0.579 bits per heavy atom. The smallest absolute Gasteiger partial charge is 0.0116 e. The fourth-order valence-corrected chi connectivity index (χ4v) is 10.2. The molecule has 0 aromatic carbocycles. The van der Waals surface area contributed by atoms with Gasteiger partial charge in [0.05, 0.1) is 0 Å². The molecule has 0 N–H and O–H groups in total. The summed E-state index contributed by atoms with van der Waals surface area (Å²) in [5, 5.41) is 0. The van der Waals surface area contributed by atoms with E-state index in [0.717, 1.165) is 23.2 Å². The average molecular weight is 438 g/mol. The second-order valence-electron chi connectivity index (χ2n) is 6.66. The molecule has 0 radical (unpaired) electrons. The van der Waals surface area contributed by atoms with E-state index in [9.17, 15) is 0 Å². The largest absolute Gasteiger partial charge is 0.114 e. The van der Waals surface area contributed by atoms with E-state index < -0.39 is 0 Å². The summed E-state index contributed by atoms with van der Waals surface area (Å²) in [5.74, 6) is 3.33. The summed E-state index contributed by atoms with van der Waals surface area (Å²) in [7, 11) is 0.535. The van der Waals surface area contributed by atoms with Crippen molar-refractivity contribution in [2.75, 3.05) is 18.2 Å². The standard InChI is InChI=1S/C15H34P2.2BrH/c1-12(2)9-16(14(5)6)11-17(15(7)8)10-13(3)4;;/h12-15H,9-11H2,1-8H3;2*1H. The molecule has 120 valence electrons. The number of rotatable bonds is 8. The maximum Gasteiger partial charge on any atom is -0.0116 e. The molecule has 0 aromatic heterocycles. The third-order valence-electron chi connectivity index (χ3n) is 3.02. The zero-order chi connectivity index (χ0) is 13.6. The van der Waals surface area contributed by atoms with Crippen molar-refractivity contribution in [1.29, 1.82) is 0 Å². The first-order valence-corrected chi connectivity index (χ1v) is 10.8. The zero-order valence-electron chi connectivity index (χ0n) is 14.1. The monoisotopic (exact) mass is 436 g/mol. The van der Waals surface area contributed by atoms with E-state index in [1.165, 1.54) is 12.3 Å². The fourth-order valence-electron chi connectivity index (χ4n) is 2.04. The highest BCUT2D eigenvalue weighted by atomic mass is 79.9. The third-order valence-corrected chi connectivity index (χ3v) is 11.2. The van der Waals surface area contributed by atoms with Crippen molar-refractivity contribution in [3.63, 3.8) is 0 Å². The molecule has 0 bridgehead atoms. The lowest BCUT2D eigenvalue weighted by Crippen LogP contribution is -2.10. The molecule has 0 aromatic rings. The van der Waals surface area contributed by atoms with Crippen LogP contribution in [0.5, 0.6) is 0 Å². The van der Waals surface area contributed by atoms with Crippen LogP contribution in [0.3, 0.4) is 0 Å². The van der Waals surface area contributed by atoms with Gasteiger partial charge in [-0.25, -0.2) is 0 Å². The molecule has 2 atom stereocenters. The Labute approximate surface area is 146 Å². The van der Waals surface area contributed by atoms with Gasteiger partial charge >= 0.3 is 0 Å². The van der Waals surface area contributed by atoms with Gasteiger partial charge in [-0.1, -0.05) is 71.2 Å². The Morgan fingerprint density at radius 2 is 0.842 bits per heavy atom. The lowest BCUT2D eigenvalue weighted by molar-refractivity contribution is 0.737. The van der Waals surface area contributed by atoms with Gasteiger partial charge < -0.3 is 0 Å². The number of hydrogen-bond donors (Lipinski definition) is 0. The lowest BCUT2D eigenvalue weighted by atomic mass is 10.3. The molecule has 0 heterocycles. The third kappa shape index (κ3) is 13.2. The molecule has 0 saturated carbocycles. The summed E-state index contributed by atoms with van der Waals surface area (Å²) in [6.45, 7) is 19.3. The Bertz CT molecular complexity index is 175. The molecule has 0 saturated heterocycles. The minimum atomic E-state index is 0. The summed E-state index contributed by atoms with van der Waals surface area (Å²) >= 11 is 0. The first kappa shape index (κ1) is 25.8. The van der Waals surface area contributed by atoms with Crippen LogP contribution in [0.15, 0.2) is 0 Å². The molecule has 19 heavy (non-hydrogen) atoms. The first-order chi connectivity index (χ1) is 7.73. The highest BCUT2D eigenvalue weighted by Crippen LogP contribution is 2.57. The summed E-state index contributed by atoms with van der Waals surface area (Å²) < 4.78 is 0. The van der Waals surface area contributed by atoms with Gasteiger partial charge in [0, 0.05) is 0 Å². The molecule has 0 amide bonds. The highest BCUT2D eigenvalue weighted by Gasteiger charge is 2.22. The first-order valence-electron chi connectivity index (χ1n) is 7.22. The van der Waals surface area contributed by atoms with Crippen molar-refractivity contribution in [2.24, 2.45) is 11.8 Å². The minimum absolute atomic E-state index is 0. The van der Waals surface area contributed by atoms with E-state index in [1.54, 1.807) is 5.90 Å². The van der Waals surface area contributed by atoms with Crippen molar-refractivity contribution in [3.05, 3.63) is 0 Å². The maximum absolute atomic E-state index is 2.44. The summed E-state index contributed by atoms with van der Waals surface area (Å²) in [6, 6.07) is 0. The molecule has 0 aliphatic carbocycles. The van der Waals surface area contributed by atoms with E-state index in [-0.39, 0.29) is 49.8 Å². The Balaban J connectivity index is -0.00000128. The van der Waals surface area contributed by atoms with Gasteiger partial charge in [0.15, 0.2) is 0 Å². The zero-order valence-corrected chi connectivity index (χ0v) is 19.4. The van der Waals surface area contributed by atoms with Crippen LogP contribution in [-0.2, 0) is 0 Å². The maximum atomic E-state index is 2.44. The topological polar surface area (TPSA) is 0 Å². The van der Waals surface area contributed by atoms with Crippen LogP contribution >= 0.6 is 49.8 Å². The molecule has 0 spiro atoms. The van der Waals surface area contributed by atoms with Crippen LogP contribution in [0.2, 0.25) is 0 Å². The van der Waals surface area contributed by atoms with Gasteiger partial charge in [-0.3, -0.25) is 0 Å². The van der Waals surface area contributed by atoms with Crippen molar-refractivity contribution >= 4 is 49.8 Å². The summed E-state index contributed by atoms with van der Waals surface area (Å²) in [5.41, 5.74) is 1.84. The SMILES string of the molecule is Br.Br.CC(C)CP(CP(CC(C)C)C(C)C)C(C)C. The molecule has 2 unspecified atom stereocenters. The number of hydrogen-bond acceptors (Lipinski definition) is 0. The van der Waals surface area contributed by atoms with Crippen LogP contribution in [0.25, 0.3) is 0 Å². The van der Waals surface area contributed by atoms with E-state index in [0.29, 0.717) is 0 Å². The van der Waals surface area contributed by atoms with Gasteiger partial charge in [0.25, 0.3) is 0 Å². The lowest BCUT2D eigenvalue weighted by Gasteiger charge is -2.32. The van der Waals surface area contributed by atoms with Gasteiger partial charge in [-0.05, 0) is 41.4 Å². The molecule has 0 aliphatic heterocycles. The van der Waals surface area contributed by atoms with Crippen molar-refractivity contribution in [1.82, 2.24) is 0 Å². The average Bonchev–Trinajstić information content (AvgIpc) is 2.13. The van der Waals surface area contributed by atoms with Gasteiger partial charge in [-0.2, -0.15) is 0 Å². The van der Waals surface area contributed by atoms with Gasteiger partial charge in [0.1, 0.15) is 0 Å². The van der Waals surface area contributed by atoms with E-state index in [2.05, 4.69) is 55.4 Å². The van der Waals surface area contributed by atoms with Crippen molar-refractivity contribution < 1.29 is 0 Å².